The SMILES string of the molecule is CC(CNC(C)C)CN1C(=O)C(C)Oc2ccccc21. The number of ether oxygens (including phenoxy) is 1. The van der Waals surface area contributed by atoms with E-state index in [9.17, 15) is 4.79 Å². The summed E-state index contributed by atoms with van der Waals surface area (Å²) in [6, 6.07) is 8.20. The van der Waals surface area contributed by atoms with Gasteiger partial charge in [-0.3, -0.25) is 4.79 Å². The third-order valence-corrected chi connectivity index (χ3v) is 3.44. The molecular formula is C16H24N2O2. The molecule has 2 unspecified atom stereocenters. The molecule has 1 amide bonds. The van der Waals surface area contributed by atoms with Gasteiger partial charge < -0.3 is 15.0 Å². The Morgan fingerprint density at radius 3 is 2.70 bits per heavy atom. The predicted molar refractivity (Wildman–Crippen MR) is 81.2 cm³/mol. The molecule has 2 atom stereocenters. The first-order chi connectivity index (χ1) is 9.49. The molecule has 0 aromatic heterocycles. The molecule has 0 saturated carbocycles. The van der Waals surface area contributed by atoms with Gasteiger partial charge in [-0.25, -0.2) is 0 Å². The van der Waals surface area contributed by atoms with Crippen molar-refractivity contribution < 1.29 is 9.53 Å². The van der Waals surface area contributed by atoms with Gasteiger partial charge in [0.1, 0.15) is 5.75 Å². The number of hydrogen-bond acceptors (Lipinski definition) is 3. The number of anilines is 1. The van der Waals surface area contributed by atoms with Crippen LogP contribution >= 0.6 is 0 Å². The molecule has 110 valence electrons. The Bertz CT molecular complexity index is 473. The van der Waals surface area contributed by atoms with Crippen molar-refractivity contribution in [2.75, 3.05) is 18.0 Å². The first kappa shape index (κ1) is 14.9. The Hall–Kier alpha value is -1.55. The third-order valence-electron chi connectivity index (χ3n) is 3.44. The molecule has 1 aromatic rings. The summed E-state index contributed by atoms with van der Waals surface area (Å²) in [5, 5.41) is 3.42. The highest BCUT2D eigenvalue weighted by Gasteiger charge is 2.31. The predicted octanol–water partition coefficient (Wildman–Crippen LogP) is 2.43. The van der Waals surface area contributed by atoms with Crippen LogP contribution in [0.15, 0.2) is 24.3 Å². The largest absolute Gasteiger partial charge is 0.479 e. The van der Waals surface area contributed by atoms with Gasteiger partial charge in [-0.1, -0.05) is 32.9 Å². The number of benzene rings is 1. The summed E-state index contributed by atoms with van der Waals surface area (Å²) in [6.07, 6.45) is -0.407. The van der Waals surface area contributed by atoms with E-state index in [-0.39, 0.29) is 5.91 Å². The van der Waals surface area contributed by atoms with Gasteiger partial charge in [0.25, 0.3) is 5.91 Å². The highest BCUT2D eigenvalue weighted by molar-refractivity contribution is 5.99. The van der Waals surface area contributed by atoms with Crippen LogP contribution in [0.2, 0.25) is 0 Å². The molecule has 20 heavy (non-hydrogen) atoms. The molecule has 1 N–H and O–H groups in total. The summed E-state index contributed by atoms with van der Waals surface area (Å²) in [4.78, 5) is 14.2. The topological polar surface area (TPSA) is 41.6 Å². The van der Waals surface area contributed by atoms with Gasteiger partial charge in [0, 0.05) is 12.6 Å². The summed E-state index contributed by atoms with van der Waals surface area (Å²) in [5.74, 6) is 1.23. The Balaban J connectivity index is 2.11. The molecule has 0 fully saturated rings. The molecule has 1 aliphatic heterocycles. The number of amides is 1. The maximum absolute atomic E-state index is 12.3. The zero-order chi connectivity index (χ0) is 14.7. The fourth-order valence-electron chi connectivity index (χ4n) is 2.36. The molecular weight excluding hydrogens is 252 g/mol. The van der Waals surface area contributed by atoms with Crippen molar-refractivity contribution >= 4 is 11.6 Å². The zero-order valence-electron chi connectivity index (χ0n) is 12.7. The standard InChI is InChI=1S/C16H24N2O2/c1-11(2)17-9-12(3)10-18-14-7-5-6-8-15(14)20-13(4)16(18)19/h5-8,11-13,17H,9-10H2,1-4H3. The lowest BCUT2D eigenvalue weighted by Crippen LogP contribution is -2.47. The van der Waals surface area contributed by atoms with Crippen LogP contribution in [0.4, 0.5) is 5.69 Å². The van der Waals surface area contributed by atoms with Crippen LogP contribution in [-0.2, 0) is 4.79 Å². The second-order valence-electron chi connectivity index (χ2n) is 5.84. The lowest BCUT2D eigenvalue weighted by Gasteiger charge is -2.34. The molecule has 0 saturated heterocycles. The average Bonchev–Trinajstić information content (AvgIpc) is 2.41. The fraction of sp³-hybridized carbons (Fsp3) is 0.562. The minimum Gasteiger partial charge on any atom is -0.479 e. The van der Waals surface area contributed by atoms with Crippen molar-refractivity contribution in [3.63, 3.8) is 0 Å². The van der Waals surface area contributed by atoms with E-state index in [2.05, 4.69) is 26.1 Å². The van der Waals surface area contributed by atoms with Crippen LogP contribution in [0.25, 0.3) is 0 Å². The van der Waals surface area contributed by atoms with Gasteiger partial charge >= 0.3 is 0 Å². The maximum Gasteiger partial charge on any atom is 0.267 e. The van der Waals surface area contributed by atoms with Crippen LogP contribution in [0.3, 0.4) is 0 Å². The van der Waals surface area contributed by atoms with E-state index >= 15 is 0 Å². The van der Waals surface area contributed by atoms with Crippen molar-refractivity contribution in [2.24, 2.45) is 5.92 Å². The fourth-order valence-corrected chi connectivity index (χ4v) is 2.36. The normalized spacial score (nSPS) is 19.8. The molecule has 4 heteroatoms. The van der Waals surface area contributed by atoms with Gasteiger partial charge in [0.15, 0.2) is 6.10 Å². The van der Waals surface area contributed by atoms with E-state index in [4.69, 9.17) is 4.74 Å². The molecule has 2 rings (SSSR count). The lowest BCUT2D eigenvalue weighted by molar-refractivity contribution is -0.125. The number of carbonyl (C=O) groups is 1. The molecule has 0 radical (unpaired) electrons. The summed E-state index contributed by atoms with van der Waals surface area (Å²) in [7, 11) is 0. The van der Waals surface area contributed by atoms with Gasteiger partial charge in [-0.15, -0.1) is 0 Å². The molecule has 0 spiro atoms. The van der Waals surface area contributed by atoms with Crippen molar-refractivity contribution in [1.82, 2.24) is 5.32 Å². The number of nitrogens with one attached hydrogen (secondary N) is 1. The van der Waals surface area contributed by atoms with Crippen LogP contribution in [0.5, 0.6) is 5.75 Å². The molecule has 1 aliphatic rings. The molecule has 1 heterocycles. The number of para-hydroxylation sites is 2. The molecule has 1 aromatic carbocycles. The van der Waals surface area contributed by atoms with Gasteiger partial charge in [0.2, 0.25) is 0 Å². The van der Waals surface area contributed by atoms with E-state index in [1.165, 1.54) is 0 Å². The second-order valence-corrected chi connectivity index (χ2v) is 5.84. The minimum atomic E-state index is -0.407. The van der Waals surface area contributed by atoms with Crippen LogP contribution < -0.4 is 15.0 Å². The highest BCUT2D eigenvalue weighted by Crippen LogP contribution is 2.33. The molecule has 4 nitrogen and oxygen atoms in total. The van der Waals surface area contributed by atoms with Gasteiger partial charge in [0.05, 0.1) is 5.69 Å². The average molecular weight is 276 g/mol. The quantitative estimate of drug-likeness (QED) is 0.898. The summed E-state index contributed by atoms with van der Waals surface area (Å²) < 4.78 is 5.65. The van der Waals surface area contributed by atoms with E-state index in [1.807, 2.05) is 36.1 Å². The number of rotatable bonds is 5. The van der Waals surface area contributed by atoms with Crippen molar-refractivity contribution in [2.45, 2.75) is 39.8 Å². The van der Waals surface area contributed by atoms with E-state index in [0.29, 0.717) is 18.5 Å². The molecule has 0 aliphatic carbocycles. The van der Waals surface area contributed by atoms with E-state index in [1.54, 1.807) is 0 Å². The second kappa shape index (κ2) is 6.27. The zero-order valence-corrected chi connectivity index (χ0v) is 12.7. The summed E-state index contributed by atoms with van der Waals surface area (Å²) in [6.45, 7) is 9.84. The summed E-state index contributed by atoms with van der Waals surface area (Å²) in [5.41, 5.74) is 0.881. The molecule has 0 bridgehead atoms. The first-order valence-corrected chi connectivity index (χ1v) is 7.29. The van der Waals surface area contributed by atoms with E-state index < -0.39 is 6.10 Å². The lowest BCUT2D eigenvalue weighted by atomic mass is 10.1. The third kappa shape index (κ3) is 3.31. The number of fused-ring (bicyclic) bond motifs is 1. The highest BCUT2D eigenvalue weighted by atomic mass is 16.5. The smallest absolute Gasteiger partial charge is 0.267 e. The summed E-state index contributed by atoms with van der Waals surface area (Å²) >= 11 is 0. The van der Waals surface area contributed by atoms with Crippen LogP contribution in [-0.4, -0.2) is 31.1 Å². The Morgan fingerprint density at radius 2 is 2.00 bits per heavy atom. The van der Waals surface area contributed by atoms with Gasteiger partial charge in [-0.05, 0) is 31.5 Å². The number of carbonyl (C=O) groups excluding carboxylic acids is 1. The number of nitrogens with zero attached hydrogens (tertiary/aromatic N) is 1. The van der Waals surface area contributed by atoms with Crippen molar-refractivity contribution in [3.8, 4) is 5.75 Å². The first-order valence-electron chi connectivity index (χ1n) is 7.29. The van der Waals surface area contributed by atoms with Crippen molar-refractivity contribution in [1.29, 1.82) is 0 Å². The maximum atomic E-state index is 12.3. The Kier molecular flexibility index (Phi) is 4.65. The Labute approximate surface area is 121 Å². The van der Waals surface area contributed by atoms with Crippen LogP contribution in [0.1, 0.15) is 27.7 Å². The minimum absolute atomic E-state index is 0.0418. The van der Waals surface area contributed by atoms with Crippen LogP contribution in [0, 0.1) is 5.92 Å². The monoisotopic (exact) mass is 276 g/mol. The van der Waals surface area contributed by atoms with E-state index in [0.717, 1.165) is 18.0 Å². The Morgan fingerprint density at radius 1 is 1.30 bits per heavy atom. The number of hydrogen-bond donors (Lipinski definition) is 1. The van der Waals surface area contributed by atoms with Gasteiger partial charge in [-0.2, -0.15) is 0 Å². The van der Waals surface area contributed by atoms with Crippen molar-refractivity contribution in [3.05, 3.63) is 24.3 Å².